The number of rotatable bonds is 11. The second kappa shape index (κ2) is 12.0. The minimum Gasteiger partial charge on any atom is -0.497 e. The Hall–Kier alpha value is -4.38. The Bertz CT molecular complexity index is 1360. The fourth-order valence-corrected chi connectivity index (χ4v) is 4.42. The molecule has 1 heterocycles. The van der Waals surface area contributed by atoms with Crippen molar-refractivity contribution < 1.29 is 19.2 Å². The van der Waals surface area contributed by atoms with Gasteiger partial charge in [-0.2, -0.15) is 0 Å². The zero-order valence-electron chi connectivity index (χ0n) is 20.3. The molecule has 3 aromatic carbocycles. The Labute approximate surface area is 217 Å². The minimum absolute atomic E-state index is 0.0428. The van der Waals surface area contributed by atoms with E-state index in [1.807, 2.05) is 35.8 Å². The third-order valence-corrected chi connectivity index (χ3v) is 6.38. The number of benzene rings is 3. The Morgan fingerprint density at radius 1 is 1.00 bits per heavy atom. The van der Waals surface area contributed by atoms with E-state index in [4.69, 9.17) is 9.47 Å². The summed E-state index contributed by atoms with van der Waals surface area (Å²) in [4.78, 5) is 23.2. The van der Waals surface area contributed by atoms with Crippen molar-refractivity contribution in [1.29, 1.82) is 0 Å². The van der Waals surface area contributed by atoms with Gasteiger partial charge in [0.1, 0.15) is 11.5 Å². The van der Waals surface area contributed by atoms with Gasteiger partial charge in [0.15, 0.2) is 11.0 Å². The lowest BCUT2D eigenvalue weighted by Gasteiger charge is -2.12. The van der Waals surface area contributed by atoms with Gasteiger partial charge in [-0.3, -0.25) is 19.5 Å². The summed E-state index contributed by atoms with van der Waals surface area (Å²) in [5.74, 6) is 2.25. The van der Waals surface area contributed by atoms with Crippen molar-refractivity contribution in [3.8, 4) is 17.2 Å². The molecule has 0 spiro atoms. The van der Waals surface area contributed by atoms with Crippen molar-refractivity contribution in [2.45, 2.75) is 24.4 Å². The van der Waals surface area contributed by atoms with Crippen molar-refractivity contribution in [3.05, 3.63) is 99.9 Å². The number of non-ortho nitro benzene ring substituents is 1. The molecule has 1 aromatic heterocycles. The molecule has 0 aliphatic rings. The standard InChI is InChI=1S/C26H25N5O5S/c1-3-36-23-14-10-20(11-15-23)30-24(16-27-25(32)19-6-12-22(35-2)13-7-19)28-29-26(30)37-17-18-4-8-21(9-5-18)31(33)34/h4-15H,3,16-17H2,1-2H3,(H,27,32). The van der Waals surface area contributed by atoms with Crippen molar-refractivity contribution in [2.75, 3.05) is 13.7 Å². The normalized spacial score (nSPS) is 10.6. The van der Waals surface area contributed by atoms with Crippen LogP contribution in [-0.2, 0) is 12.3 Å². The van der Waals surface area contributed by atoms with Crippen LogP contribution in [0.1, 0.15) is 28.7 Å². The van der Waals surface area contributed by atoms with Crippen molar-refractivity contribution in [1.82, 2.24) is 20.1 Å². The first-order chi connectivity index (χ1) is 18.0. The molecule has 0 bridgehead atoms. The van der Waals surface area contributed by atoms with E-state index in [0.717, 1.165) is 17.0 Å². The van der Waals surface area contributed by atoms with Crippen LogP contribution in [0.3, 0.4) is 0 Å². The van der Waals surface area contributed by atoms with Gasteiger partial charge in [0, 0.05) is 29.1 Å². The minimum atomic E-state index is -0.425. The van der Waals surface area contributed by atoms with Crippen LogP contribution in [0.25, 0.3) is 5.69 Å². The lowest BCUT2D eigenvalue weighted by Crippen LogP contribution is -2.24. The number of nitro groups is 1. The van der Waals surface area contributed by atoms with Crippen LogP contribution < -0.4 is 14.8 Å². The molecule has 4 aromatic rings. The van der Waals surface area contributed by atoms with Crippen LogP contribution in [-0.4, -0.2) is 39.3 Å². The van der Waals surface area contributed by atoms with E-state index >= 15 is 0 Å². The van der Waals surface area contributed by atoms with Gasteiger partial charge < -0.3 is 14.8 Å². The predicted molar refractivity (Wildman–Crippen MR) is 139 cm³/mol. The van der Waals surface area contributed by atoms with Crippen molar-refractivity contribution in [3.63, 3.8) is 0 Å². The fraction of sp³-hybridized carbons (Fsp3) is 0.192. The quantitative estimate of drug-likeness (QED) is 0.170. The molecule has 0 saturated carbocycles. The van der Waals surface area contributed by atoms with E-state index in [1.165, 1.54) is 23.9 Å². The topological polar surface area (TPSA) is 121 Å². The van der Waals surface area contributed by atoms with Gasteiger partial charge in [-0.15, -0.1) is 10.2 Å². The molecule has 190 valence electrons. The largest absolute Gasteiger partial charge is 0.497 e. The first kappa shape index (κ1) is 25.7. The number of carbonyl (C=O) groups is 1. The molecule has 0 aliphatic carbocycles. The highest BCUT2D eigenvalue weighted by Crippen LogP contribution is 2.27. The molecule has 1 amide bonds. The molecule has 37 heavy (non-hydrogen) atoms. The molecule has 10 nitrogen and oxygen atoms in total. The zero-order valence-corrected chi connectivity index (χ0v) is 21.1. The third kappa shape index (κ3) is 6.44. The highest BCUT2D eigenvalue weighted by atomic mass is 32.2. The van der Waals surface area contributed by atoms with E-state index in [1.54, 1.807) is 43.5 Å². The van der Waals surface area contributed by atoms with Crippen molar-refractivity contribution >= 4 is 23.4 Å². The van der Waals surface area contributed by atoms with Gasteiger partial charge in [-0.1, -0.05) is 23.9 Å². The number of carbonyl (C=O) groups excluding carboxylic acids is 1. The Morgan fingerprint density at radius 3 is 2.30 bits per heavy atom. The zero-order chi connectivity index (χ0) is 26.2. The van der Waals surface area contributed by atoms with Crippen LogP contribution in [0, 0.1) is 10.1 Å². The monoisotopic (exact) mass is 519 g/mol. The molecule has 0 radical (unpaired) electrons. The lowest BCUT2D eigenvalue weighted by molar-refractivity contribution is -0.384. The maximum atomic E-state index is 12.7. The second-order valence-electron chi connectivity index (χ2n) is 7.78. The van der Waals surface area contributed by atoms with Gasteiger partial charge in [0.05, 0.1) is 25.2 Å². The summed E-state index contributed by atoms with van der Waals surface area (Å²) in [7, 11) is 1.57. The summed E-state index contributed by atoms with van der Waals surface area (Å²) in [6.45, 7) is 2.64. The van der Waals surface area contributed by atoms with E-state index in [0.29, 0.717) is 34.7 Å². The van der Waals surface area contributed by atoms with E-state index in [-0.39, 0.29) is 18.1 Å². The number of thioether (sulfide) groups is 1. The smallest absolute Gasteiger partial charge is 0.269 e. The van der Waals surface area contributed by atoms with Crippen LogP contribution in [0.4, 0.5) is 5.69 Å². The molecule has 0 atom stereocenters. The van der Waals surface area contributed by atoms with E-state index in [2.05, 4.69) is 15.5 Å². The van der Waals surface area contributed by atoms with Crippen LogP contribution >= 0.6 is 11.8 Å². The van der Waals surface area contributed by atoms with Crippen LogP contribution in [0.15, 0.2) is 78.0 Å². The number of methoxy groups -OCH3 is 1. The van der Waals surface area contributed by atoms with Crippen LogP contribution in [0.2, 0.25) is 0 Å². The van der Waals surface area contributed by atoms with Crippen molar-refractivity contribution in [2.24, 2.45) is 0 Å². The summed E-state index contributed by atoms with van der Waals surface area (Å²) in [5, 5.41) is 23.1. The summed E-state index contributed by atoms with van der Waals surface area (Å²) < 4.78 is 12.6. The number of ether oxygens (including phenoxy) is 2. The SMILES string of the molecule is CCOc1ccc(-n2c(CNC(=O)c3ccc(OC)cc3)nnc2SCc2ccc([N+](=O)[O-])cc2)cc1. The summed E-state index contributed by atoms with van der Waals surface area (Å²) in [6.07, 6.45) is 0. The summed E-state index contributed by atoms with van der Waals surface area (Å²) in [5.41, 5.74) is 2.27. The average Bonchev–Trinajstić information content (AvgIpc) is 3.34. The highest BCUT2D eigenvalue weighted by molar-refractivity contribution is 7.98. The number of nitro benzene ring substituents is 1. The Morgan fingerprint density at radius 2 is 1.68 bits per heavy atom. The molecule has 0 aliphatic heterocycles. The number of hydrogen-bond donors (Lipinski definition) is 1. The number of aromatic nitrogens is 3. The third-order valence-electron chi connectivity index (χ3n) is 5.38. The molecular weight excluding hydrogens is 494 g/mol. The number of nitrogens with one attached hydrogen (secondary N) is 1. The molecular formula is C26H25N5O5S. The van der Waals surface area contributed by atoms with Crippen LogP contribution in [0.5, 0.6) is 11.5 Å². The fourth-order valence-electron chi connectivity index (χ4n) is 3.49. The number of hydrogen-bond acceptors (Lipinski definition) is 8. The number of nitrogens with zero attached hydrogens (tertiary/aromatic N) is 4. The van der Waals surface area contributed by atoms with Gasteiger partial charge in [-0.05, 0) is 61.0 Å². The summed E-state index contributed by atoms with van der Waals surface area (Å²) in [6, 6.07) is 20.8. The second-order valence-corrected chi connectivity index (χ2v) is 8.73. The number of amides is 1. The Balaban J connectivity index is 1.54. The molecule has 11 heteroatoms. The van der Waals surface area contributed by atoms with E-state index in [9.17, 15) is 14.9 Å². The van der Waals surface area contributed by atoms with Gasteiger partial charge in [0.25, 0.3) is 11.6 Å². The molecule has 0 fully saturated rings. The first-order valence-electron chi connectivity index (χ1n) is 11.4. The first-order valence-corrected chi connectivity index (χ1v) is 12.4. The maximum absolute atomic E-state index is 12.7. The molecule has 0 unspecified atom stereocenters. The van der Waals surface area contributed by atoms with Gasteiger partial charge >= 0.3 is 0 Å². The average molecular weight is 520 g/mol. The maximum Gasteiger partial charge on any atom is 0.269 e. The Kier molecular flexibility index (Phi) is 8.37. The molecule has 1 N–H and O–H groups in total. The molecule has 4 rings (SSSR count). The predicted octanol–water partition coefficient (Wildman–Crippen LogP) is 4.81. The van der Waals surface area contributed by atoms with Gasteiger partial charge in [-0.25, -0.2) is 0 Å². The molecule has 0 saturated heterocycles. The lowest BCUT2D eigenvalue weighted by atomic mass is 10.2. The van der Waals surface area contributed by atoms with Gasteiger partial charge in [0.2, 0.25) is 0 Å². The highest BCUT2D eigenvalue weighted by Gasteiger charge is 2.17. The summed E-state index contributed by atoms with van der Waals surface area (Å²) >= 11 is 1.44. The van der Waals surface area contributed by atoms with E-state index < -0.39 is 4.92 Å².